The van der Waals surface area contributed by atoms with Crippen LogP contribution in [0.25, 0.3) is 0 Å². The molecular weight excluding hydrogens is 320 g/mol. The summed E-state index contributed by atoms with van der Waals surface area (Å²) in [5.74, 6) is 0.673. The third kappa shape index (κ3) is 3.83. The van der Waals surface area contributed by atoms with Crippen molar-refractivity contribution in [2.45, 2.75) is 24.8 Å². The van der Waals surface area contributed by atoms with Gasteiger partial charge in [0.2, 0.25) is 0 Å². The van der Waals surface area contributed by atoms with Gasteiger partial charge < -0.3 is 5.32 Å². The topological polar surface area (TPSA) is 70.7 Å². The van der Waals surface area contributed by atoms with Gasteiger partial charge in [0.1, 0.15) is 6.33 Å². The second-order valence-corrected chi connectivity index (χ2v) is 6.44. The van der Waals surface area contributed by atoms with Crippen LogP contribution in [0.15, 0.2) is 53.9 Å². The zero-order valence-corrected chi connectivity index (χ0v) is 14.4. The summed E-state index contributed by atoms with van der Waals surface area (Å²) in [6.07, 6.45) is 1.49. The number of amides is 1. The maximum atomic E-state index is 12.4. The zero-order valence-electron chi connectivity index (χ0n) is 13.5. The SMILES string of the molecule is Cc1cccc(NC(=O)c2ccc(CSc3ncn[nH]3)cc2)c1C. The van der Waals surface area contributed by atoms with Crippen LogP contribution in [-0.4, -0.2) is 21.1 Å². The summed E-state index contributed by atoms with van der Waals surface area (Å²) in [4.78, 5) is 16.5. The molecule has 1 heterocycles. The van der Waals surface area contributed by atoms with Gasteiger partial charge in [0.05, 0.1) is 0 Å². The summed E-state index contributed by atoms with van der Waals surface area (Å²) in [6, 6.07) is 13.5. The number of carbonyl (C=O) groups excluding carboxylic acids is 1. The molecule has 0 fully saturated rings. The number of rotatable bonds is 5. The molecule has 24 heavy (non-hydrogen) atoms. The number of anilines is 1. The molecular formula is C18H18N4OS. The van der Waals surface area contributed by atoms with E-state index in [9.17, 15) is 4.79 Å². The van der Waals surface area contributed by atoms with Gasteiger partial charge in [-0.1, -0.05) is 36.0 Å². The van der Waals surface area contributed by atoms with Crippen molar-refractivity contribution in [2.75, 3.05) is 5.32 Å². The number of aromatic nitrogens is 3. The summed E-state index contributed by atoms with van der Waals surface area (Å²) in [6.45, 7) is 4.04. The molecule has 1 aromatic heterocycles. The number of thioether (sulfide) groups is 1. The predicted molar refractivity (Wildman–Crippen MR) is 96.3 cm³/mol. The molecule has 2 aromatic carbocycles. The molecule has 0 bridgehead atoms. The van der Waals surface area contributed by atoms with Gasteiger partial charge in [0, 0.05) is 17.0 Å². The maximum absolute atomic E-state index is 12.4. The fourth-order valence-electron chi connectivity index (χ4n) is 2.25. The van der Waals surface area contributed by atoms with Crippen LogP contribution in [-0.2, 0) is 5.75 Å². The van der Waals surface area contributed by atoms with Crippen LogP contribution in [0.1, 0.15) is 27.0 Å². The van der Waals surface area contributed by atoms with Crippen LogP contribution < -0.4 is 5.32 Å². The second-order valence-electron chi connectivity index (χ2n) is 5.48. The Morgan fingerprint density at radius 3 is 2.67 bits per heavy atom. The number of aryl methyl sites for hydroxylation is 1. The second kappa shape index (κ2) is 7.31. The predicted octanol–water partition coefficient (Wildman–Crippen LogP) is 3.97. The Morgan fingerprint density at radius 2 is 1.96 bits per heavy atom. The lowest BCUT2D eigenvalue weighted by atomic mass is 10.1. The number of carbonyl (C=O) groups is 1. The summed E-state index contributed by atoms with van der Waals surface area (Å²) in [7, 11) is 0. The molecule has 0 radical (unpaired) electrons. The molecule has 3 rings (SSSR count). The third-order valence-electron chi connectivity index (χ3n) is 3.84. The first-order valence-corrected chi connectivity index (χ1v) is 8.57. The van der Waals surface area contributed by atoms with Crippen LogP contribution in [0.5, 0.6) is 0 Å². The van der Waals surface area contributed by atoms with Gasteiger partial charge in [-0.2, -0.15) is 5.10 Å². The zero-order chi connectivity index (χ0) is 16.9. The van der Waals surface area contributed by atoms with Crippen molar-refractivity contribution in [1.29, 1.82) is 0 Å². The molecule has 0 spiro atoms. The van der Waals surface area contributed by atoms with E-state index in [1.54, 1.807) is 11.8 Å². The summed E-state index contributed by atoms with van der Waals surface area (Å²) in [5, 5.41) is 10.4. The van der Waals surface area contributed by atoms with Gasteiger partial charge in [-0.25, -0.2) is 4.98 Å². The molecule has 1 amide bonds. The minimum absolute atomic E-state index is 0.0989. The summed E-state index contributed by atoms with van der Waals surface area (Å²) >= 11 is 1.57. The van der Waals surface area contributed by atoms with Gasteiger partial charge in [-0.15, -0.1) is 0 Å². The highest BCUT2D eigenvalue weighted by Gasteiger charge is 2.09. The van der Waals surface area contributed by atoms with Gasteiger partial charge >= 0.3 is 0 Å². The van der Waals surface area contributed by atoms with Crippen molar-refractivity contribution < 1.29 is 4.79 Å². The first kappa shape index (κ1) is 16.3. The summed E-state index contributed by atoms with van der Waals surface area (Å²) < 4.78 is 0. The molecule has 0 saturated carbocycles. The van der Waals surface area contributed by atoms with Crippen LogP contribution >= 0.6 is 11.8 Å². The number of hydrogen-bond acceptors (Lipinski definition) is 4. The van der Waals surface area contributed by atoms with E-state index in [1.165, 1.54) is 6.33 Å². The fourth-order valence-corrected chi connectivity index (χ4v) is 2.98. The van der Waals surface area contributed by atoms with Crippen molar-refractivity contribution in [3.8, 4) is 0 Å². The van der Waals surface area contributed by atoms with E-state index in [4.69, 9.17) is 0 Å². The van der Waals surface area contributed by atoms with Gasteiger partial charge in [-0.3, -0.25) is 9.89 Å². The molecule has 0 atom stereocenters. The number of nitrogens with one attached hydrogen (secondary N) is 2. The van der Waals surface area contributed by atoms with E-state index >= 15 is 0 Å². The van der Waals surface area contributed by atoms with Crippen LogP contribution in [0, 0.1) is 13.8 Å². The number of H-pyrrole nitrogens is 1. The van der Waals surface area contributed by atoms with E-state index in [1.807, 2.05) is 56.3 Å². The van der Waals surface area contributed by atoms with Gasteiger partial charge in [0.15, 0.2) is 5.16 Å². The monoisotopic (exact) mass is 338 g/mol. The van der Waals surface area contributed by atoms with E-state index in [2.05, 4.69) is 20.5 Å². The Hall–Kier alpha value is -2.60. The Balaban J connectivity index is 1.64. The first-order chi connectivity index (χ1) is 11.6. The van der Waals surface area contributed by atoms with Gasteiger partial charge in [0.25, 0.3) is 5.91 Å². The number of aromatic amines is 1. The van der Waals surface area contributed by atoms with E-state index < -0.39 is 0 Å². The molecule has 2 N–H and O–H groups in total. The highest BCUT2D eigenvalue weighted by molar-refractivity contribution is 7.98. The molecule has 3 aromatic rings. The van der Waals surface area contributed by atoms with Crippen LogP contribution in [0.2, 0.25) is 0 Å². The number of hydrogen-bond donors (Lipinski definition) is 2. The van der Waals surface area contributed by atoms with E-state index in [0.29, 0.717) is 5.56 Å². The van der Waals surface area contributed by atoms with E-state index in [0.717, 1.165) is 33.3 Å². The van der Waals surface area contributed by atoms with Crippen molar-refractivity contribution >= 4 is 23.4 Å². The average Bonchev–Trinajstić information content (AvgIpc) is 3.11. The molecule has 0 aliphatic rings. The number of benzene rings is 2. The quantitative estimate of drug-likeness (QED) is 0.691. The molecule has 6 heteroatoms. The summed E-state index contributed by atoms with van der Waals surface area (Å²) in [5.41, 5.74) is 4.87. The molecule has 0 aliphatic carbocycles. The lowest BCUT2D eigenvalue weighted by Gasteiger charge is -2.10. The molecule has 122 valence electrons. The Bertz CT molecular complexity index is 829. The van der Waals surface area contributed by atoms with Crippen LogP contribution in [0.3, 0.4) is 0 Å². The smallest absolute Gasteiger partial charge is 0.255 e. The van der Waals surface area contributed by atoms with E-state index in [-0.39, 0.29) is 5.91 Å². The third-order valence-corrected chi connectivity index (χ3v) is 4.79. The lowest BCUT2D eigenvalue weighted by molar-refractivity contribution is 0.102. The Morgan fingerprint density at radius 1 is 1.17 bits per heavy atom. The maximum Gasteiger partial charge on any atom is 0.255 e. The highest BCUT2D eigenvalue weighted by atomic mass is 32.2. The van der Waals surface area contributed by atoms with Crippen molar-refractivity contribution in [3.63, 3.8) is 0 Å². The standard InChI is InChI=1S/C18H18N4OS/c1-12-4-3-5-16(13(12)2)21-17(23)15-8-6-14(7-9-15)10-24-18-19-11-20-22-18/h3-9,11H,10H2,1-2H3,(H,21,23)(H,19,20,22). The van der Waals surface area contributed by atoms with Crippen molar-refractivity contribution in [1.82, 2.24) is 15.2 Å². The lowest BCUT2D eigenvalue weighted by Crippen LogP contribution is -2.13. The Labute approximate surface area is 144 Å². The minimum Gasteiger partial charge on any atom is -0.322 e. The average molecular weight is 338 g/mol. The first-order valence-electron chi connectivity index (χ1n) is 7.58. The minimum atomic E-state index is -0.0989. The number of nitrogens with zero attached hydrogens (tertiary/aromatic N) is 2. The van der Waals surface area contributed by atoms with Gasteiger partial charge in [-0.05, 0) is 48.7 Å². The molecule has 0 unspecified atom stereocenters. The molecule has 0 saturated heterocycles. The van der Waals surface area contributed by atoms with Crippen LogP contribution in [0.4, 0.5) is 5.69 Å². The molecule has 5 nitrogen and oxygen atoms in total. The van der Waals surface area contributed by atoms with Crippen molar-refractivity contribution in [2.24, 2.45) is 0 Å². The normalized spacial score (nSPS) is 10.6. The largest absolute Gasteiger partial charge is 0.322 e. The molecule has 0 aliphatic heterocycles. The van der Waals surface area contributed by atoms with Crippen molar-refractivity contribution in [3.05, 3.63) is 71.0 Å². The fraction of sp³-hybridized carbons (Fsp3) is 0.167. The Kier molecular flexibility index (Phi) is 4.96. The highest BCUT2D eigenvalue weighted by Crippen LogP contribution is 2.20.